The van der Waals surface area contributed by atoms with Crippen molar-refractivity contribution in [2.45, 2.75) is 24.7 Å². The minimum atomic E-state index is 0.269. The molecule has 0 spiro atoms. The predicted molar refractivity (Wildman–Crippen MR) is 88.4 cm³/mol. The van der Waals surface area contributed by atoms with Gasteiger partial charge in [0, 0.05) is 0 Å². The molecule has 1 heterocycles. The van der Waals surface area contributed by atoms with Gasteiger partial charge in [-0.15, -0.1) is 0 Å². The van der Waals surface area contributed by atoms with E-state index in [2.05, 4.69) is 59.5 Å². The summed E-state index contributed by atoms with van der Waals surface area (Å²) in [7, 11) is 0. The Kier molecular flexibility index (Phi) is 4.42. The molecule has 21 heavy (non-hydrogen) atoms. The number of anilines is 1. The van der Waals surface area contributed by atoms with Gasteiger partial charge in [0.1, 0.15) is 0 Å². The third-order valence-corrected chi connectivity index (χ3v) is 6.45. The molecule has 1 aliphatic rings. The number of rotatable bonds is 5. The Bertz CT molecular complexity index is 626. The molecule has 0 aromatic heterocycles. The van der Waals surface area contributed by atoms with Crippen molar-refractivity contribution in [3.63, 3.8) is 0 Å². The molecule has 108 valence electrons. The van der Waals surface area contributed by atoms with Gasteiger partial charge < -0.3 is 0 Å². The number of ketones is 1. The van der Waals surface area contributed by atoms with E-state index in [1.807, 2.05) is 0 Å². The van der Waals surface area contributed by atoms with Crippen LogP contribution in [0.5, 0.6) is 0 Å². The third kappa shape index (κ3) is 3.37. The summed E-state index contributed by atoms with van der Waals surface area (Å²) in [5, 5.41) is 0. The van der Waals surface area contributed by atoms with E-state index in [-0.39, 0.29) is 5.78 Å². The van der Waals surface area contributed by atoms with Crippen LogP contribution in [-0.4, -0.2) is 32.2 Å². The van der Waals surface area contributed by atoms with Crippen LogP contribution in [0.1, 0.15) is 18.9 Å². The molecule has 3 rings (SSSR count). The fourth-order valence-electron chi connectivity index (χ4n) is 2.67. The molecule has 0 amide bonds. The molecule has 0 saturated heterocycles. The number of carbonyl (C=O) groups is 1. The van der Waals surface area contributed by atoms with E-state index in [4.69, 9.17) is 0 Å². The van der Waals surface area contributed by atoms with E-state index in [1.165, 1.54) is 15.7 Å². The van der Waals surface area contributed by atoms with E-state index in [0.717, 1.165) is 13.0 Å². The molecule has 0 bridgehead atoms. The molecule has 3 heteroatoms. The molecule has 2 aromatic carbocycles. The van der Waals surface area contributed by atoms with Gasteiger partial charge in [-0.2, -0.15) is 0 Å². The van der Waals surface area contributed by atoms with Crippen molar-refractivity contribution in [1.82, 2.24) is 0 Å². The van der Waals surface area contributed by atoms with E-state index in [9.17, 15) is 4.79 Å². The second kappa shape index (κ2) is 6.46. The fourth-order valence-corrected chi connectivity index (χ4v) is 5.56. The van der Waals surface area contributed by atoms with Gasteiger partial charge in [0.15, 0.2) is 0 Å². The van der Waals surface area contributed by atoms with Crippen LogP contribution in [0, 0.1) is 0 Å². The monoisotopic (exact) mass is 345 g/mol. The second-order valence-corrected chi connectivity index (χ2v) is 7.93. The van der Waals surface area contributed by atoms with Crippen LogP contribution in [0.2, 0.25) is 0 Å². The van der Waals surface area contributed by atoms with Crippen molar-refractivity contribution in [2.75, 3.05) is 11.4 Å². The zero-order valence-electron chi connectivity index (χ0n) is 12.2. The van der Waals surface area contributed by atoms with Crippen molar-refractivity contribution in [1.29, 1.82) is 0 Å². The normalized spacial score (nSPS) is 16.8. The van der Waals surface area contributed by atoms with Crippen LogP contribution >= 0.6 is 0 Å². The number of fused-ring (bicyclic) bond motifs is 1. The van der Waals surface area contributed by atoms with Gasteiger partial charge in [-0.25, -0.2) is 0 Å². The average molecular weight is 344 g/mol. The first-order chi connectivity index (χ1) is 10.2. The first kappa shape index (κ1) is 14.4. The first-order valence-electron chi connectivity index (χ1n) is 7.30. The van der Waals surface area contributed by atoms with Crippen LogP contribution in [0.3, 0.4) is 0 Å². The molecule has 0 saturated carbocycles. The number of nitrogens with zero attached hydrogens (tertiary/aromatic N) is 1. The molecule has 2 nitrogen and oxygen atoms in total. The van der Waals surface area contributed by atoms with Crippen molar-refractivity contribution < 1.29 is 4.79 Å². The Balaban J connectivity index is 1.81. The van der Waals surface area contributed by atoms with E-state index in [1.54, 1.807) is 6.92 Å². The Labute approximate surface area is 132 Å². The van der Waals surface area contributed by atoms with Gasteiger partial charge in [-0.3, -0.25) is 0 Å². The number of benzene rings is 2. The molecule has 1 atom stereocenters. The molecule has 0 N–H and O–H groups in total. The zero-order valence-corrected chi connectivity index (χ0v) is 13.9. The zero-order chi connectivity index (χ0) is 14.7. The van der Waals surface area contributed by atoms with Gasteiger partial charge in [0.2, 0.25) is 0 Å². The van der Waals surface area contributed by atoms with Crippen LogP contribution in [0.25, 0.3) is 0 Å². The SMILES string of the molecule is CC(=O)CCN1c2ccccc2[Se]C1Cc1ccccc1. The van der Waals surface area contributed by atoms with Crippen LogP contribution in [0.15, 0.2) is 54.6 Å². The maximum atomic E-state index is 11.4. The van der Waals surface area contributed by atoms with Crippen molar-refractivity contribution in [3.05, 3.63) is 60.2 Å². The number of Topliss-reactive ketones (excluding diaryl/α,β-unsaturated/α-hetero) is 1. The summed E-state index contributed by atoms with van der Waals surface area (Å²) in [6.45, 7) is 2.52. The summed E-state index contributed by atoms with van der Waals surface area (Å²) in [4.78, 5) is 14.3. The van der Waals surface area contributed by atoms with Crippen LogP contribution < -0.4 is 9.36 Å². The summed E-state index contributed by atoms with van der Waals surface area (Å²) < 4.78 is 1.47. The third-order valence-electron chi connectivity index (χ3n) is 3.74. The van der Waals surface area contributed by atoms with Crippen LogP contribution in [-0.2, 0) is 11.2 Å². The van der Waals surface area contributed by atoms with E-state index < -0.39 is 0 Å². The van der Waals surface area contributed by atoms with E-state index in [0.29, 0.717) is 26.3 Å². The average Bonchev–Trinajstić information content (AvgIpc) is 2.83. The fraction of sp³-hybridized carbons (Fsp3) is 0.278. The molecular weight excluding hydrogens is 325 g/mol. The topological polar surface area (TPSA) is 20.3 Å². The number of carbonyl (C=O) groups excluding carboxylic acids is 1. The summed E-state index contributed by atoms with van der Waals surface area (Å²) >= 11 is 0.448. The summed E-state index contributed by atoms with van der Waals surface area (Å²) in [6, 6.07) is 19.3. The van der Waals surface area contributed by atoms with Gasteiger partial charge in [0.05, 0.1) is 0 Å². The van der Waals surface area contributed by atoms with Crippen LogP contribution in [0.4, 0.5) is 5.69 Å². The maximum absolute atomic E-state index is 11.4. The number of hydrogen-bond acceptors (Lipinski definition) is 2. The molecule has 0 aliphatic carbocycles. The van der Waals surface area contributed by atoms with Crippen molar-refractivity contribution in [3.8, 4) is 0 Å². The quantitative estimate of drug-likeness (QED) is 0.777. The minimum absolute atomic E-state index is 0.269. The number of hydrogen-bond donors (Lipinski definition) is 0. The standard InChI is InChI=1S/C18H19NOSe/c1-14(20)11-12-19-16-9-5-6-10-17(16)21-18(19)13-15-7-3-2-4-8-15/h2-10,18H,11-13H2,1H3. The molecule has 0 radical (unpaired) electrons. The summed E-state index contributed by atoms with van der Waals surface area (Å²) in [6.07, 6.45) is 1.70. The first-order valence-corrected chi connectivity index (χ1v) is 9.14. The molecule has 2 aromatic rings. The van der Waals surface area contributed by atoms with Crippen molar-refractivity contribution in [2.24, 2.45) is 0 Å². The van der Waals surface area contributed by atoms with Gasteiger partial charge in [-0.1, -0.05) is 0 Å². The van der Waals surface area contributed by atoms with Gasteiger partial charge >= 0.3 is 132 Å². The molecule has 0 fully saturated rings. The molecular formula is C18H19NOSe. The Morgan fingerprint density at radius 3 is 2.57 bits per heavy atom. The second-order valence-electron chi connectivity index (χ2n) is 5.38. The van der Waals surface area contributed by atoms with E-state index >= 15 is 0 Å². The number of para-hydroxylation sites is 1. The molecule has 1 aliphatic heterocycles. The predicted octanol–water partition coefficient (Wildman–Crippen LogP) is 2.38. The van der Waals surface area contributed by atoms with Crippen molar-refractivity contribution >= 4 is 30.9 Å². The Morgan fingerprint density at radius 2 is 1.81 bits per heavy atom. The summed E-state index contributed by atoms with van der Waals surface area (Å²) in [5.41, 5.74) is 2.71. The summed E-state index contributed by atoms with van der Waals surface area (Å²) in [5.74, 6) is 0.269. The Hall–Kier alpha value is -1.57. The van der Waals surface area contributed by atoms with Gasteiger partial charge in [-0.05, 0) is 0 Å². The Morgan fingerprint density at radius 1 is 1.10 bits per heavy atom. The van der Waals surface area contributed by atoms with Gasteiger partial charge in [0.25, 0.3) is 0 Å². The molecule has 1 unspecified atom stereocenters.